The highest BCUT2D eigenvalue weighted by Gasteiger charge is 2.22. The molecule has 3 rings (SSSR count). The number of ether oxygens (including phenoxy) is 1. The van der Waals surface area contributed by atoms with Crippen molar-refractivity contribution in [2.75, 3.05) is 11.9 Å². The minimum absolute atomic E-state index is 0.285. The molecule has 0 aliphatic carbocycles. The lowest BCUT2D eigenvalue weighted by Crippen LogP contribution is -2.17. The molecule has 0 aliphatic rings. The number of esters is 1. The molecule has 6 nitrogen and oxygen atoms in total. The molecular formula is C18H19N3O3S. The van der Waals surface area contributed by atoms with Gasteiger partial charge in [-0.3, -0.25) is 9.20 Å². The number of anilines is 1. The van der Waals surface area contributed by atoms with E-state index in [9.17, 15) is 9.59 Å². The Labute approximate surface area is 149 Å². The van der Waals surface area contributed by atoms with Gasteiger partial charge in [-0.05, 0) is 51.5 Å². The van der Waals surface area contributed by atoms with Crippen molar-refractivity contribution in [1.82, 2.24) is 9.38 Å². The molecule has 25 heavy (non-hydrogen) atoms. The quantitative estimate of drug-likeness (QED) is 0.722. The maximum Gasteiger partial charge on any atom is 0.341 e. The van der Waals surface area contributed by atoms with Gasteiger partial charge in [-0.15, -0.1) is 11.3 Å². The van der Waals surface area contributed by atoms with Gasteiger partial charge in [0.1, 0.15) is 16.3 Å². The number of thiophene rings is 1. The standard InChI is InChI=1S/C18H19N3O3S/c1-5-24-18(23)13-9-11(3)25-17(13)20-16(22)15-12(4)19-14-8-10(2)6-7-21(14)15/h6-9H,5H2,1-4H3,(H,20,22). The number of rotatable bonds is 4. The Balaban J connectivity index is 1.96. The molecule has 0 fully saturated rings. The number of aryl methyl sites for hydroxylation is 3. The van der Waals surface area contributed by atoms with Crippen LogP contribution in [0.1, 0.15) is 43.9 Å². The summed E-state index contributed by atoms with van der Waals surface area (Å²) in [6.45, 7) is 7.68. The highest BCUT2D eigenvalue weighted by molar-refractivity contribution is 7.16. The van der Waals surface area contributed by atoms with E-state index in [0.717, 1.165) is 16.1 Å². The Morgan fingerprint density at radius 2 is 2.04 bits per heavy atom. The summed E-state index contributed by atoms with van der Waals surface area (Å²) in [4.78, 5) is 30.3. The fourth-order valence-electron chi connectivity index (χ4n) is 2.67. The zero-order chi connectivity index (χ0) is 18.1. The molecule has 7 heteroatoms. The van der Waals surface area contributed by atoms with Gasteiger partial charge in [-0.2, -0.15) is 0 Å². The summed E-state index contributed by atoms with van der Waals surface area (Å²) in [6.07, 6.45) is 1.82. The third kappa shape index (κ3) is 3.28. The second kappa shape index (κ2) is 6.68. The third-order valence-corrected chi connectivity index (χ3v) is 4.71. The summed E-state index contributed by atoms with van der Waals surface area (Å²) in [6, 6.07) is 5.57. The molecule has 0 bridgehead atoms. The molecule has 0 radical (unpaired) electrons. The van der Waals surface area contributed by atoms with Crippen LogP contribution in [0, 0.1) is 20.8 Å². The first kappa shape index (κ1) is 17.2. The van der Waals surface area contributed by atoms with Gasteiger partial charge in [0.25, 0.3) is 5.91 Å². The minimum atomic E-state index is -0.437. The molecule has 0 saturated carbocycles. The summed E-state index contributed by atoms with van der Waals surface area (Å²) >= 11 is 1.35. The van der Waals surface area contributed by atoms with Crippen LogP contribution < -0.4 is 5.32 Å². The molecular weight excluding hydrogens is 338 g/mol. The molecule has 0 spiro atoms. The summed E-state index contributed by atoms with van der Waals surface area (Å²) < 4.78 is 6.81. The van der Waals surface area contributed by atoms with Crippen LogP contribution in [0.15, 0.2) is 24.4 Å². The number of fused-ring (bicyclic) bond motifs is 1. The smallest absolute Gasteiger partial charge is 0.341 e. The third-order valence-electron chi connectivity index (χ3n) is 3.75. The van der Waals surface area contributed by atoms with Crippen molar-refractivity contribution in [1.29, 1.82) is 0 Å². The molecule has 3 aromatic heterocycles. The minimum Gasteiger partial charge on any atom is -0.462 e. The molecule has 0 aromatic carbocycles. The molecule has 0 aliphatic heterocycles. The topological polar surface area (TPSA) is 72.7 Å². The first-order valence-corrected chi connectivity index (χ1v) is 8.76. The van der Waals surface area contributed by atoms with Crippen LogP contribution in [0.25, 0.3) is 5.65 Å². The molecule has 0 unspecified atom stereocenters. The molecule has 130 valence electrons. The van der Waals surface area contributed by atoms with E-state index >= 15 is 0 Å². The van der Waals surface area contributed by atoms with E-state index < -0.39 is 5.97 Å². The predicted molar refractivity (Wildman–Crippen MR) is 97.6 cm³/mol. The van der Waals surface area contributed by atoms with Gasteiger partial charge in [0, 0.05) is 11.1 Å². The fraction of sp³-hybridized carbons (Fsp3) is 0.278. The van der Waals surface area contributed by atoms with Gasteiger partial charge < -0.3 is 10.1 Å². The monoisotopic (exact) mass is 357 g/mol. The Bertz CT molecular complexity index is 972. The summed E-state index contributed by atoms with van der Waals surface area (Å²) in [5.74, 6) is -0.742. The van der Waals surface area contributed by atoms with Crippen LogP contribution in [-0.2, 0) is 4.74 Å². The van der Waals surface area contributed by atoms with E-state index in [1.807, 2.05) is 32.2 Å². The highest BCUT2D eigenvalue weighted by atomic mass is 32.1. The molecule has 0 atom stereocenters. The number of hydrogen-bond acceptors (Lipinski definition) is 5. The zero-order valence-corrected chi connectivity index (χ0v) is 15.4. The van der Waals surface area contributed by atoms with Crippen molar-refractivity contribution in [3.8, 4) is 0 Å². The van der Waals surface area contributed by atoms with E-state index in [2.05, 4.69) is 10.3 Å². The summed E-state index contributed by atoms with van der Waals surface area (Å²) in [7, 11) is 0. The Hall–Kier alpha value is -2.67. The number of nitrogens with zero attached hydrogens (tertiary/aromatic N) is 2. The lowest BCUT2D eigenvalue weighted by Gasteiger charge is -2.07. The van der Waals surface area contributed by atoms with Gasteiger partial charge in [0.15, 0.2) is 0 Å². The fourth-order valence-corrected chi connectivity index (χ4v) is 3.56. The van der Waals surface area contributed by atoms with Crippen molar-refractivity contribution in [2.45, 2.75) is 27.7 Å². The van der Waals surface area contributed by atoms with Gasteiger partial charge in [0.05, 0.1) is 17.9 Å². The Morgan fingerprint density at radius 1 is 1.28 bits per heavy atom. The van der Waals surface area contributed by atoms with Crippen LogP contribution in [0.3, 0.4) is 0 Å². The van der Waals surface area contributed by atoms with E-state index in [1.165, 1.54) is 11.3 Å². The van der Waals surface area contributed by atoms with Crippen LogP contribution in [0.5, 0.6) is 0 Å². The summed E-state index contributed by atoms with van der Waals surface area (Å²) in [5, 5.41) is 3.33. The number of carbonyl (C=O) groups is 2. The van der Waals surface area contributed by atoms with Crippen molar-refractivity contribution in [3.05, 3.63) is 51.8 Å². The van der Waals surface area contributed by atoms with Gasteiger partial charge in [-0.25, -0.2) is 9.78 Å². The van der Waals surface area contributed by atoms with Crippen molar-refractivity contribution in [3.63, 3.8) is 0 Å². The molecule has 1 amide bonds. The lowest BCUT2D eigenvalue weighted by atomic mass is 10.2. The largest absolute Gasteiger partial charge is 0.462 e. The number of amides is 1. The highest BCUT2D eigenvalue weighted by Crippen LogP contribution is 2.29. The second-order valence-corrected chi connectivity index (χ2v) is 7.01. The van der Waals surface area contributed by atoms with E-state index in [4.69, 9.17) is 4.74 Å². The average Bonchev–Trinajstić information content (AvgIpc) is 3.06. The number of aromatic nitrogens is 2. The normalized spacial score (nSPS) is 10.9. The predicted octanol–water partition coefficient (Wildman–Crippen LogP) is 3.75. The first-order chi connectivity index (χ1) is 11.9. The summed E-state index contributed by atoms with van der Waals surface area (Å²) in [5.41, 5.74) is 3.25. The second-order valence-electron chi connectivity index (χ2n) is 5.75. The van der Waals surface area contributed by atoms with Gasteiger partial charge in [0.2, 0.25) is 0 Å². The zero-order valence-electron chi connectivity index (χ0n) is 14.5. The van der Waals surface area contributed by atoms with Crippen LogP contribution >= 0.6 is 11.3 Å². The number of pyridine rings is 1. The Kier molecular flexibility index (Phi) is 4.59. The molecule has 1 N–H and O–H groups in total. The van der Waals surface area contributed by atoms with Crippen molar-refractivity contribution >= 4 is 33.9 Å². The SMILES string of the molecule is CCOC(=O)c1cc(C)sc1NC(=O)c1c(C)nc2cc(C)ccn12. The van der Waals surface area contributed by atoms with E-state index in [1.54, 1.807) is 24.3 Å². The first-order valence-electron chi connectivity index (χ1n) is 7.95. The van der Waals surface area contributed by atoms with E-state index in [0.29, 0.717) is 22.0 Å². The van der Waals surface area contributed by atoms with Crippen LogP contribution in [0.2, 0.25) is 0 Å². The van der Waals surface area contributed by atoms with E-state index in [-0.39, 0.29) is 12.5 Å². The van der Waals surface area contributed by atoms with Crippen LogP contribution in [0.4, 0.5) is 5.00 Å². The van der Waals surface area contributed by atoms with Crippen molar-refractivity contribution in [2.24, 2.45) is 0 Å². The van der Waals surface area contributed by atoms with Gasteiger partial charge in [-0.1, -0.05) is 0 Å². The Morgan fingerprint density at radius 3 is 2.76 bits per heavy atom. The molecule has 3 heterocycles. The number of imidazole rings is 1. The van der Waals surface area contributed by atoms with Gasteiger partial charge >= 0.3 is 5.97 Å². The molecule has 0 saturated heterocycles. The van der Waals surface area contributed by atoms with Crippen LogP contribution in [-0.4, -0.2) is 27.9 Å². The molecule has 3 aromatic rings. The number of carbonyl (C=O) groups excluding carboxylic acids is 2. The number of hydrogen-bond donors (Lipinski definition) is 1. The van der Waals surface area contributed by atoms with Crippen molar-refractivity contribution < 1.29 is 14.3 Å². The maximum atomic E-state index is 12.8. The average molecular weight is 357 g/mol. The maximum absolute atomic E-state index is 12.8. The number of nitrogens with one attached hydrogen (secondary N) is 1. The lowest BCUT2D eigenvalue weighted by molar-refractivity contribution is 0.0528.